The zero-order chi connectivity index (χ0) is 24.5. The normalized spacial score (nSPS) is 18.7. The Morgan fingerprint density at radius 1 is 0.971 bits per heavy atom. The van der Waals surface area contributed by atoms with E-state index in [4.69, 9.17) is 4.74 Å². The highest BCUT2D eigenvalue weighted by Crippen LogP contribution is 2.51. The predicted molar refractivity (Wildman–Crippen MR) is 136 cm³/mol. The average Bonchev–Trinajstić information content (AvgIpc) is 2.78. The summed E-state index contributed by atoms with van der Waals surface area (Å²) in [5.41, 5.74) is 4.30. The second-order valence-corrected chi connectivity index (χ2v) is 9.92. The van der Waals surface area contributed by atoms with Gasteiger partial charge in [0.25, 0.3) is 5.91 Å². The van der Waals surface area contributed by atoms with Gasteiger partial charge in [-0.3, -0.25) is 9.59 Å². The minimum absolute atomic E-state index is 0.0179. The van der Waals surface area contributed by atoms with Gasteiger partial charge >= 0.3 is 0 Å². The van der Waals surface area contributed by atoms with E-state index in [0.29, 0.717) is 5.75 Å². The Bertz CT molecular complexity index is 1200. The highest BCUT2D eigenvalue weighted by Gasteiger charge is 2.47. The summed E-state index contributed by atoms with van der Waals surface area (Å²) in [6.45, 7) is 9.91. The molecule has 0 spiro atoms. The first-order valence-electron chi connectivity index (χ1n) is 11.6. The summed E-state index contributed by atoms with van der Waals surface area (Å²) in [4.78, 5) is 27.0. The molecule has 5 nitrogen and oxygen atoms in total. The average molecular weight is 457 g/mol. The fourth-order valence-corrected chi connectivity index (χ4v) is 5.26. The third kappa shape index (κ3) is 4.56. The Kier molecular flexibility index (Phi) is 6.22. The van der Waals surface area contributed by atoms with Gasteiger partial charge in [-0.15, -0.1) is 0 Å². The molecule has 0 radical (unpaired) electrons. The molecule has 1 atom stereocenters. The van der Waals surface area contributed by atoms with Crippen LogP contribution in [0.25, 0.3) is 0 Å². The number of benzene rings is 3. The monoisotopic (exact) mass is 456 g/mol. The van der Waals surface area contributed by atoms with E-state index < -0.39 is 5.54 Å². The molecule has 176 valence electrons. The smallest absolute Gasteiger partial charge is 0.262 e. The standard InChI is InChI=1S/C29H32N2O3/c1-20-11-13-23(14-12-20)30-27(33)18-34-24-15-16-25-26(17-24)31(21(2)32)28(3,4)19-29(25,5)22-9-7-6-8-10-22/h6-17H,18-19H2,1-5H3,(H,30,33). The number of rotatable bonds is 5. The summed E-state index contributed by atoms with van der Waals surface area (Å²) in [6.07, 6.45) is 0.787. The Balaban J connectivity index is 1.63. The second kappa shape index (κ2) is 8.98. The summed E-state index contributed by atoms with van der Waals surface area (Å²) in [5.74, 6) is 0.298. The van der Waals surface area contributed by atoms with Crippen LogP contribution in [-0.4, -0.2) is 24.0 Å². The number of ether oxygens (including phenoxy) is 1. The van der Waals surface area contributed by atoms with E-state index in [9.17, 15) is 9.59 Å². The fourth-order valence-electron chi connectivity index (χ4n) is 5.26. The van der Waals surface area contributed by atoms with Crippen molar-refractivity contribution >= 4 is 23.2 Å². The van der Waals surface area contributed by atoms with Gasteiger partial charge < -0.3 is 15.0 Å². The summed E-state index contributed by atoms with van der Waals surface area (Å²) in [5, 5.41) is 2.85. The number of carbonyl (C=O) groups excluding carboxylic acids is 2. The van der Waals surface area contributed by atoms with Crippen molar-refractivity contribution in [2.75, 3.05) is 16.8 Å². The Morgan fingerprint density at radius 3 is 2.29 bits per heavy atom. The van der Waals surface area contributed by atoms with E-state index in [-0.39, 0.29) is 23.8 Å². The van der Waals surface area contributed by atoms with Crippen LogP contribution in [0.15, 0.2) is 72.8 Å². The molecule has 0 saturated heterocycles. The van der Waals surface area contributed by atoms with Gasteiger partial charge in [0.15, 0.2) is 6.61 Å². The maximum absolute atomic E-state index is 12.8. The number of aryl methyl sites for hydroxylation is 1. The van der Waals surface area contributed by atoms with Gasteiger partial charge in [-0.05, 0) is 56.5 Å². The van der Waals surface area contributed by atoms with Crippen molar-refractivity contribution in [2.24, 2.45) is 0 Å². The molecule has 1 aliphatic rings. The van der Waals surface area contributed by atoms with Crippen LogP contribution in [0.1, 0.15) is 50.8 Å². The van der Waals surface area contributed by atoms with E-state index in [2.05, 4.69) is 50.4 Å². The molecule has 34 heavy (non-hydrogen) atoms. The molecule has 0 saturated carbocycles. The molecule has 5 heteroatoms. The number of carbonyl (C=O) groups is 2. The van der Waals surface area contributed by atoms with E-state index in [1.54, 1.807) is 6.92 Å². The summed E-state index contributed by atoms with van der Waals surface area (Å²) >= 11 is 0. The lowest BCUT2D eigenvalue weighted by atomic mass is 9.65. The maximum atomic E-state index is 12.8. The van der Waals surface area contributed by atoms with Gasteiger partial charge in [-0.25, -0.2) is 0 Å². The fraction of sp³-hybridized carbons (Fsp3) is 0.310. The molecule has 2 amide bonds. The van der Waals surface area contributed by atoms with Crippen molar-refractivity contribution in [3.8, 4) is 5.75 Å². The largest absolute Gasteiger partial charge is 0.484 e. The Hall–Kier alpha value is -3.60. The third-order valence-corrected chi connectivity index (χ3v) is 6.63. The van der Waals surface area contributed by atoms with Gasteiger partial charge in [-0.2, -0.15) is 0 Å². The Morgan fingerprint density at radius 2 is 1.65 bits per heavy atom. The zero-order valence-electron chi connectivity index (χ0n) is 20.5. The zero-order valence-corrected chi connectivity index (χ0v) is 20.5. The summed E-state index contributed by atoms with van der Waals surface area (Å²) < 4.78 is 5.85. The van der Waals surface area contributed by atoms with Gasteiger partial charge in [0.2, 0.25) is 5.91 Å². The molecule has 1 unspecified atom stereocenters. The highest BCUT2D eigenvalue weighted by molar-refractivity contribution is 5.95. The van der Waals surface area contributed by atoms with Crippen molar-refractivity contribution < 1.29 is 14.3 Å². The van der Waals surface area contributed by atoms with Gasteiger partial charge in [0.05, 0.1) is 5.69 Å². The lowest BCUT2D eigenvalue weighted by molar-refractivity contribution is -0.118. The number of hydrogen-bond donors (Lipinski definition) is 1. The van der Waals surface area contributed by atoms with Crippen LogP contribution in [0, 0.1) is 6.92 Å². The second-order valence-electron chi connectivity index (χ2n) is 9.92. The minimum Gasteiger partial charge on any atom is -0.484 e. The molecular formula is C29H32N2O3. The first-order chi connectivity index (χ1) is 16.1. The summed E-state index contributed by atoms with van der Waals surface area (Å²) in [7, 11) is 0. The molecule has 1 aliphatic heterocycles. The molecule has 1 N–H and O–H groups in total. The van der Waals surface area contributed by atoms with Crippen molar-refractivity contribution in [3.63, 3.8) is 0 Å². The van der Waals surface area contributed by atoms with Crippen LogP contribution < -0.4 is 15.0 Å². The van der Waals surface area contributed by atoms with Crippen LogP contribution in [0.2, 0.25) is 0 Å². The molecular weight excluding hydrogens is 424 g/mol. The number of hydrogen-bond acceptors (Lipinski definition) is 3. The molecule has 3 aromatic carbocycles. The molecule has 0 aromatic heterocycles. The molecule has 4 rings (SSSR count). The number of anilines is 2. The van der Waals surface area contributed by atoms with Crippen LogP contribution in [0.4, 0.5) is 11.4 Å². The van der Waals surface area contributed by atoms with Crippen LogP contribution in [-0.2, 0) is 15.0 Å². The molecule has 1 heterocycles. The first-order valence-corrected chi connectivity index (χ1v) is 11.6. The van der Waals surface area contributed by atoms with Crippen LogP contribution in [0.3, 0.4) is 0 Å². The van der Waals surface area contributed by atoms with E-state index in [1.165, 1.54) is 5.56 Å². The lowest BCUT2D eigenvalue weighted by Crippen LogP contribution is -2.55. The molecule has 3 aromatic rings. The first kappa shape index (κ1) is 23.6. The molecule has 0 bridgehead atoms. The number of nitrogens with one attached hydrogen (secondary N) is 1. The molecule has 0 fully saturated rings. The Labute approximate surface area is 201 Å². The van der Waals surface area contributed by atoms with Crippen molar-refractivity contribution in [1.29, 1.82) is 0 Å². The number of amides is 2. The molecule has 0 aliphatic carbocycles. The maximum Gasteiger partial charge on any atom is 0.262 e. The lowest BCUT2D eigenvalue weighted by Gasteiger charge is -2.51. The number of fused-ring (bicyclic) bond motifs is 1. The van der Waals surface area contributed by atoms with Crippen molar-refractivity contribution in [3.05, 3.63) is 89.5 Å². The minimum atomic E-state index is -0.398. The van der Waals surface area contributed by atoms with Crippen molar-refractivity contribution in [1.82, 2.24) is 0 Å². The SMILES string of the molecule is CC(=O)N1c2cc(OCC(=O)Nc3ccc(C)cc3)ccc2C(C)(c2ccccc2)CC1(C)C. The van der Waals surface area contributed by atoms with Gasteiger partial charge in [0.1, 0.15) is 5.75 Å². The predicted octanol–water partition coefficient (Wildman–Crippen LogP) is 5.85. The highest BCUT2D eigenvalue weighted by atomic mass is 16.5. The number of nitrogens with zero attached hydrogens (tertiary/aromatic N) is 1. The topological polar surface area (TPSA) is 58.6 Å². The third-order valence-electron chi connectivity index (χ3n) is 6.63. The van der Waals surface area contributed by atoms with Crippen molar-refractivity contribution in [2.45, 2.75) is 52.0 Å². The van der Waals surface area contributed by atoms with Gasteiger partial charge in [0, 0.05) is 29.6 Å². The summed E-state index contributed by atoms with van der Waals surface area (Å²) in [6, 6.07) is 23.8. The van der Waals surface area contributed by atoms with E-state index >= 15 is 0 Å². The van der Waals surface area contributed by atoms with Crippen LogP contribution >= 0.6 is 0 Å². The van der Waals surface area contributed by atoms with E-state index in [1.807, 2.05) is 60.4 Å². The van der Waals surface area contributed by atoms with Crippen LogP contribution in [0.5, 0.6) is 5.75 Å². The van der Waals surface area contributed by atoms with Gasteiger partial charge in [-0.1, -0.05) is 61.0 Å². The quantitative estimate of drug-likeness (QED) is 0.524. The van der Waals surface area contributed by atoms with E-state index in [0.717, 1.165) is 28.9 Å².